The van der Waals surface area contributed by atoms with Gasteiger partial charge in [0, 0.05) is 16.9 Å². The summed E-state index contributed by atoms with van der Waals surface area (Å²) < 4.78 is 2.46. The molecule has 2 heterocycles. The first-order valence-corrected chi connectivity index (χ1v) is 8.02. The van der Waals surface area contributed by atoms with Crippen LogP contribution in [0.5, 0.6) is 0 Å². The van der Waals surface area contributed by atoms with Crippen molar-refractivity contribution in [3.8, 4) is 5.69 Å². The van der Waals surface area contributed by atoms with Crippen LogP contribution in [-0.2, 0) is 0 Å². The molecule has 0 unspecified atom stereocenters. The number of carbonyl (C=O) groups excluding carboxylic acids is 1. The first-order chi connectivity index (χ1) is 11.0. The van der Waals surface area contributed by atoms with Gasteiger partial charge in [-0.15, -0.1) is 0 Å². The average Bonchev–Trinajstić information content (AvgIpc) is 3.04. The molecule has 23 heavy (non-hydrogen) atoms. The third-order valence-corrected chi connectivity index (χ3v) is 3.99. The Hall–Kier alpha value is -1.89. The molecule has 3 rings (SSSR count). The van der Waals surface area contributed by atoms with Crippen molar-refractivity contribution in [3.63, 3.8) is 0 Å². The molecule has 8 heteroatoms. The van der Waals surface area contributed by atoms with Crippen molar-refractivity contribution in [2.45, 2.75) is 0 Å². The molecule has 1 amide bonds. The summed E-state index contributed by atoms with van der Waals surface area (Å²) in [7, 11) is 0. The molecule has 0 aliphatic rings. The lowest BCUT2D eigenvalue weighted by Gasteiger charge is -2.12. The summed E-state index contributed by atoms with van der Waals surface area (Å²) in [5.74, 6) is -0.455. The number of nitrogens with zero attached hydrogens (tertiary/aromatic N) is 3. The van der Waals surface area contributed by atoms with Crippen LogP contribution in [-0.4, -0.2) is 20.7 Å². The van der Waals surface area contributed by atoms with Crippen LogP contribution in [0.2, 0.25) is 10.2 Å². The van der Waals surface area contributed by atoms with E-state index in [-0.39, 0.29) is 15.9 Å². The van der Waals surface area contributed by atoms with Gasteiger partial charge in [0.2, 0.25) is 0 Å². The Labute approximate surface area is 150 Å². The number of carbonyl (C=O) groups is 1. The standard InChI is InChI=1S/C15H9BrCl2N4O/c16-9-2-4-12(22-7-1-6-19-22)11(8-9)20-15(23)14-10(17)3-5-13(18)21-14/h1-8H,(H,20,23). The monoisotopic (exact) mass is 410 g/mol. The molecule has 3 aromatic rings. The highest BCUT2D eigenvalue weighted by Gasteiger charge is 2.16. The summed E-state index contributed by atoms with van der Waals surface area (Å²) in [6.07, 6.45) is 3.44. The van der Waals surface area contributed by atoms with Crippen LogP contribution in [0.4, 0.5) is 5.69 Å². The van der Waals surface area contributed by atoms with Crippen molar-refractivity contribution >= 4 is 50.7 Å². The Kier molecular flexibility index (Phi) is 4.66. The van der Waals surface area contributed by atoms with Gasteiger partial charge in [0.1, 0.15) is 10.8 Å². The molecular weight excluding hydrogens is 403 g/mol. The van der Waals surface area contributed by atoms with Crippen molar-refractivity contribution in [2.75, 3.05) is 5.32 Å². The lowest BCUT2D eigenvalue weighted by Crippen LogP contribution is -2.16. The van der Waals surface area contributed by atoms with Crippen LogP contribution in [0.15, 0.2) is 53.3 Å². The second-order valence-electron chi connectivity index (χ2n) is 4.53. The summed E-state index contributed by atoms with van der Waals surface area (Å²) in [6.45, 7) is 0. The van der Waals surface area contributed by atoms with Crippen molar-refractivity contribution in [2.24, 2.45) is 0 Å². The fourth-order valence-corrected chi connectivity index (χ4v) is 2.68. The highest BCUT2D eigenvalue weighted by molar-refractivity contribution is 9.10. The second kappa shape index (κ2) is 6.70. The van der Waals surface area contributed by atoms with Crippen molar-refractivity contribution < 1.29 is 4.79 Å². The van der Waals surface area contributed by atoms with Gasteiger partial charge in [-0.05, 0) is 36.4 Å². The normalized spacial score (nSPS) is 10.6. The average molecular weight is 412 g/mol. The number of halogens is 3. The van der Waals surface area contributed by atoms with E-state index in [1.54, 1.807) is 29.2 Å². The minimum Gasteiger partial charge on any atom is -0.319 e. The van der Waals surface area contributed by atoms with Gasteiger partial charge in [0.05, 0.1) is 16.4 Å². The van der Waals surface area contributed by atoms with Crippen molar-refractivity contribution in [1.29, 1.82) is 0 Å². The highest BCUT2D eigenvalue weighted by atomic mass is 79.9. The Bertz CT molecular complexity index is 868. The largest absolute Gasteiger partial charge is 0.319 e. The summed E-state index contributed by atoms with van der Waals surface area (Å²) in [5.41, 5.74) is 1.33. The molecule has 0 fully saturated rings. The van der Waals surface area contributed by atoms with Gasteiger partial charge in [-0.2, -0.15) is 5.10 Å². The molecule has 0 saturated carbocycles. The SMILES string of the molecule is O=C(Nc1cc(Br)ccc1-n1cccn1)c1nc(Cl)ccc1Cl. The Balaban J connectivity index is 1.98. The lowest BCUT2D eigenvalue weighted by molar-refractivity contribution is 0.102. The summed E-state index contributed by atoms with van der Waals surface area (Å²) >= 11 is 15.2. The van der Waals surface area contributed by atoms with E-state index in [2.05, 4.69) is 31.3 Å². The molecule has 5 nitrogen and oxygen atoms in total. The number of hydrogen-bond donors (Lipinski definition) is 1. The van der Waals surface area contributed by atoms with Gasteiger partial charge in [-0.1, -0.05) is 39.1 Å². The number of benzene rings is 1. The first kappa shape index (κ1) is 16.0. The van der Waals surface area contributed by atoms with Gasteiger partial charge in [-0.3, -0.25) is 4.79 Å². The molecule has 0 radical (unpaired) electrons. The molecule has 0 aliphatic carbocycles. The van der Waals surface area contributed by atoms with E-state index in [1.165, 1.54) is 12.1 Å². The third kappa shape index (κ3) is 3.55. The van der Waals surface area contributed by atoms with Crippen molar-refractivity contribution in [3.05, 3.63) is 69.1 Å². The van der Waals surface area contributed by atoms with Crippen LogP contribution < -0.4 is 5.32 Å². The van der Waals surface area contributed by atoms with Gasteiger partial charge in [0.25, 0.3) is 5.91 Å². The lowest BCUT2D eigenvalue weighted by atomic mass is 10.2. The first-order valence-electron chi connectivity index (χ1n) is 6.47. The summed E-state index contributed by atoms with van der Waals surface area (Å²) in [6, 6.07) is 10.3. The number of rotatable bonds is 3. The van der Waals surface area contributed by atoms with E-state index in [9.17, 15) is 4.79 Å². The Morgan fingerprint density at radius 2 is 2.04 bits per heavy atom. The molecule has 0 aliphatic heterocycles. The van der Waals surface area contributed by atoms with Crippen molar-refractivity contribution in [1.82, 2.24) is 14.8 Å². The molecule has 2 aromatic heterocycles. The zero-order chi connectivity index (χ0) is 16.4. The van der Waals surface area contributed by atoms with Gasteiger partial charge >= 0.3 is 0 Å². The molecule has 0 saturated heterocycles. The predicted octanol–water partition coefficient (Wildman–Crippen LogP) is 4.59. The highest BCUT2D eigenvalue weighted by Crippen LogP contribution is 2.26. The Morgan fingerprint density at radius 3 is 2.78 bits per heavy atom. The van der Waals surface area contributed by atoms with Crippen LogP contribution in [0.1, 0.15) is 10.5 Å². The maximum absolute atomic E-state index is 12.5. The smallest absolute Gasteiger partial charge is 0.275 e. The maximum Gasteiger partial charge on any atom is 0.275 e. The molecule has 1 N–H and O–H groups in total. The quantitative estimate of drug-likeness (QED) is 0.641. The third-order valence-electron chi connectivity index (χ3n) is 2.99. The minimum atomic E-state index is -0.455. The number of pyridine rings is 1. The molecule has 0 bridgehead atoms. The molecular formula is C15H9BrCl2N4O. The topological polar surface area (TPSA) is 59.8 Å². The van der Waals surface area contributed by atoms with E-state index in [0.717, 1.165) is 4.47 Å². The fraction of sp³-hybridized carbons (Fsp3) is 0. The second-order valence-corrected chi connectivity index (χ2v) is 6.24. The number of amides is 1. The molecule has 0 atom stereocenters. The van der Waals surface area contributed by atoms with E-state index in [0.29, 0.717) is 11.4 Å². The summed E-state index contributed by atoms with van der Waals surface area (Å²) in [4.78, 5) is 16.4. The van der Waals surface area contributed by atoms with E-state index < -0.39 is 5.91 Å². The number of anilines is 1. The zero-order valence-electron chi connectivity index (χ0n) is 11.5. The zero-order valence-corrected chi connectivity index (χ0v) is 14.6. The van der Waals surface area contributed by atoms with Gasteiger partial charge in [-0.25, -0.2) is 9.67 Å². The number of aromatic nitrogens is 3. The van der Waals surface area contributed by atoms with E-state index in [1.807, 2.05) is 12.1 Å². The number of hydrogen-bond acceptors (Lipinski definition) is 3. The van der Waals surface area contributed by atoms with Crippen LogP contribution in [0.3, 0.4) is 0 Å². The molecule has 0 spiro atoms. The number of nitrogens with one attached hydrogen (secondary N) is 1. The van der Waals surface area contributed by atoms with Crippen LogP contribution in [0, 0.1) is 0 Å². The van der Waals surface area contributed by atoms with E-state index in [4.69, 9.17) is 23.2 Å². The predicted molar refractivity (Wildman–Crippen MR) is 93.5 cm³/mol. The van der Waals surface area contributed by atoms with Gasteiger partial charge in [0.15, 0.2) is 0 Å². The van der Waals surface area contributed by atoms with Crippen LogP contribution in [0.25, 0.3) is 5.69 Å². The fourth-order valence-electron chi connectivity index (χ4n) is 1.98. The van der Waals surface area contributed by atoms with Gasteiger partial charge < -0.3 is 5.32 Å². The van der Waals surface area contributed by atoms with E-state index >= 15 is 0 Å². The summed E-state index contributed by atoms with van der Waals surface area (Å²) in [5, 5.41) is 7.38. The Morgan fingerprint density at radius 1 is 1.22 bits per heavy atom. The van der Waals surface area contributed by atoms with Crippen LogP contribution >= 0.6 is 39.1 Å². The molecule has 1 aromatic carbocycles. The maximum atomic E-state index is 12.5. The molecule has 116 valence electrons. The minimum absolute atomic E-state index is 0.0607.